The molecular formula is C11H16BrNS. The van der Waals surface area contributed by atoms with Gasteiger partial charge in [-0.1, -0.05) is 6.42 Å². The van der Waals surface area contributed by atoms with E-state index in [1.165, 1.54) is 35.0 Å². The molecular weight excluding hydrogens is 258 g/mol. The van der Waals surface area contributed by atoms with Crippen molar-refractivity contribution in [3.8, 4) is 0 Å². The summed E-state index contributed by atoms with van der Waals surface area (Å²) in [6.07, 6.45) is 5.29. The van der Waals surface area contributed by atoms with Crippen molar-refractivity contribution in [1.82, 2.24) is 0 Å². The molecule has 1 fully saturated rings. The number of hydrogen-bond acceptors (Lipinski definition) is 2. The summed E-state index contributed by atoms with van der Waals surface area (Å²) in [6, 6.07) is 2.24. The van der Waals surface area contributed by atoms with E-state index in [1.54, 1.807) is 11.3 Å². The Balaban J connectivity index is 2.00. The average Bonchev–Trinajstić information content (AvgIpc) is 2.77. The molecule has 0 bridgehead atoms. The van der Waals surface area contributed by atoms with E-state index in [-0.39, 0.29) is 0 Å². The highest BCUT2D eigenvalue weighted by molar-refractivity contribution is 9.11. The number of thiophene rings is 1. The Bertz CT molecular complexity index is 297. The number of rotatable bonds is 3. The number of hydrogen-bond donors (Lipinski definition) is 1. The zero-order chi connectivity index (χ0) is 9.97. The van der Waals surface area contributed by atoms with E-state index >= 15 is 0 Å². The minimum atomic E-state index is 0.766. The second kappa shape index (κ2) is 4.77. The van der Waals surface area contributed by atoms with Gasteiger partial charge in [0.1, 0.15) is 0 Å². The van der Waals surface area contributed by atoms with Crippen LogP contribution in [0.25, 0.3) is 0 Å². The molecule has 0 amide bonds. The molecule has 14 heavy (non-hydrogen) atoms. The molecule has 2 unspecified atom stereocenters. The fraction of sp³-hybridized carbons (Fsp3) is 0.636. The molecule has 1 nitrogen and oxygen atoms in total. The minimum Gasteiger partial charge on any atom is -0.330 e. The predicted octanol–water partition coefficient (Wildman–Crippen LogP) is 3.43. The first-order valence-electron chi connectivity index (χ1n) is 5.23. The van der Waals surface area contributed by atoms with Crippen LogP contribution >= 0.6 is 27.3 Å². The normalized spacial score (nSPS) is 27.0. The van der Waals surface area contributed by atoms with E-state index in [2.05, 4.69) is 27.4 Å². The molecule has 1 saturated carbocycles. The van der Waals surface area contributed by atoms with Crippen molar-refractivity contribution in [1.29, 1.82) is 0 Å². The van der Waals surface area contributed by atoms with Gasteiger partial charge in [-0.05, 0) is 70.6 Å². The molecule has 1 aromatic heterocycles. The molecule has 2 rings (SSSR count). The summed E-state index contributed by atoms with van der Waals surface area (Å²) in [7, 11) is 0. The Morgan fingerprint density at radius 1 is 1.43 bits per heavy atom. The Hall–Kier alpha value is 0.140. The number of halogens is 1. The molecule has 1 aromatic rings. The van der Waals surface area contributed by atoms with Gasteiger partial charge < -0.3 is 5.73 Å². The van der Waals surface area contributed by atoms with Crippen molar-refractivity contribution < 1.29 is 0 Å². The van der Waals surface area contributed by atoms with Gasteiger partial charge in [-0.3, -0.25) is 0 Å². The van der Waals surface area contributed by atoms with Crippen LogP contribution < -0.4 is 5.73 Å². The molecule has 1 aliphatic carbocycles. The van der Waals surface area contributed by atoms with E-state index in [9.17, 15) is 0 Å². The van der Waals surface area contributed by atoms with E-state index in [0.717, 1.165) is 18.4 Å². The van der Waals surface area contributed by atoms with E-state index in [0.29, 0.717) is 0 Å². The molecule has 0 aromatic carbocycles. The van der Waals surface area contributed by atoms with Gasteiger partial charge in [0, 0.05) is 0 Å². The van der Waals surface area contributed by atoms with E-state index < -0.39 is 0 Å². The molecule has 0 radical (unpaired) electrons. The molecule has 0 aliphatic heterocycles. The van der Waals surface area contributed by atoms with Gasteiger partial charge in [-0.15, -0.1) is 11.3 Å². The third kappa shape index (κ3) is 2.20. The van der Waals surface area contributed by atoms with Crippen molar-refractivity contribution >= 4 is 27.3 Å². The van der Waals surface area contributed by atoms with Crippen LogP contribution in [0.1, 0.15) is 24.8 Å². The Morgan fingerprint density at radius 2 is 2.21 bits per heavy atom. The van der Waals surface area contributed by atoms with Gasteiger partial charge in [0.25, 0.3) is 0 Å². The predicted molar refractivity (Wildman–Crippen MR) is 65.6 cm³/mol. The summed E-state index contributed by atoms with van der Waals surface area (Å²) in [6.45, 7) is 0.867. The first-order chi connectivity index (χ1) is 6.81. The summed E-state index contributed by atoms with van der Waals surface area (Å²) in [5.74, 6) is 1.59. The lowest BCUT2D eigenvalue weighted by atomic mass is 9.91. The maximum absolute atomic E-state index is 5.78. The highest BCUT2D eigenvalue weighted by Gasteiger charge is 2.26. The molecule has 78 valence electrons. The first-order valence-corrected chi connectivity index (χ1v) is 6.90. The molecule has 1 aliphatic rings. The molecule has 0 spiro atoms. The topological polar surface area (TPSA) is 26.0 Å². The van der Waals surface area contributed by atoms with Gasteiger partial charge in [0.05, 0.1) is 3.79 Å². The maximum atomic E-state index is 5.78. The van der Waals surface area contributed by atoms with Crippen molar-refractivity contribution in [2.75, 3.05) is 6.54 Å². The summed E-state index contributed by atoms with van der Waals surface area (Å²) in [4.78, 5) is 0. The van der Waals surface area contributed by atoms with E-state index in [4.69, 9.17) is 5.73 Å². The van der Waals surface area contributed by atoms with Crippen LogP contribution in [0.4, 0.5) is 0 Å². The fourth-order valence-corrected chi connectivity index (χ4v) is 3.71. The lowest BCUT2D eigenvalue weighted by Crippen LogP contribution is -2.19. The van der Waals surface area contributed by atoms with Crippen molar-refractivity contribution in [3.63, 3.8) is 0 Å². The fourth-order valence-electron chi connectivity index (χ4n) is 2.44. The largest absolute Gasteiger partial charge is 0.330 e. The third-order valence-electron chi connectivity index (χ3n) is 3.29. The summed E-state index contributed by atoms with van der Waals surface area (Å²) in [5.41, 5.74) is 7.25. The Kier molecular flexibility index (Phi) is 3.63. The van der Waals surface area contributed by atoms with Crippen molar-refractivity contribution in [2.24, 2.45) is 17.6 Å². The highest BCUT2D eigenvalue weighted by Crippen LogP contribution is 2.36. The zero-order valence-corrected chi connectivity index (χ0v) is 10.6. The summed E-state index contributed by atoms with van der Waals surface area (Å²) >= 11 is 5.38. The molecule has 2 atom stereocenters. The summed E-state index contributed by atoms with van der Waals surface area (Å²) in [5, 5.41) is 2.16. The van der Waals surface area contributed by atoms with Gasteiger partial charge in [0.2, 0.25) is 0 Å². The van der Waals surface area contributed by atoms with Gasteiger partial charge in [-0.25, -0.2) is 0 Å². The quantitative estimate of drug-likeness (QED) is 0.897. The highest BCUT2D eigenvalue weighted by atomic mass is 79.9. The lowest BCUT2D eigenvalue weighted by molar-refractivity contribution is 0.394. The van der Waals surface area contributed by atoms with Crippen molar-refractivity contribution in [3.05, 3.63) is 20.8 Å². The Labute approximate surface area is 97.8 Å². The standard InChI is InChI=1S/C11H16BrNS/c12-11-9(4-5-14-11)6-8-2-1-3-10(8)7-13/h4-5,8,10H,1-3,6-7,13H2. The zero-order valence-electron chi connectivity index (χ0n) is 8.21. The molecule has 3 heteroatoms. The van der Waals surface area contributed by atoms with Crippen LogP contribution in [0.5, 0.6) is 0 Å². The van der Waals surface area contributed by atoms with Crippen LogP contribution in [-0.4, -0.2) is 6.54 Å². The second-order valence-corrected chi connectivity index (χ2v) is 6.34. The minimum absolute atomic E-state index is 0.766. The van der Waals surface area contributed by atoms with Crippen LogP contribution in [0.15, 0.2) is 15.2 Å². The van der Waals surface area contributed by atoms with Crippen LogP contribution in [0.3, 0.4) is 0 Å². The molecule has 2 N–H and O–H groups in total. The van der Waals surface area contributed by atoms with Gasteiger partial charge >= 0.3 is 0 Å². The third-order valence-corrected chi connectivity index (χ3v) is 5.11. The molecule has 1 heterocycles. The smallest absolute Gasteiger partial charge is 0.0730 e. The van der Waals surface area contributed by atoms with E-state index in [1.807, 2.05) is 0 Å². The van der Waals surface area contributed by atoms with Gasteiger partial charge in [-0.2, -0.15) is 0 Å². The van der Waals surface area contributed by atoms with Crippen LogP contribution in [-0.2, 0) is 6.42 Å². The number of nitrogens with two attached hydrogens (primary N) is 1. The molecule has 0 saturated heterocycles. The maximum Gasteiger partial charge on any atom is 0.0730 e. The monoisotopic (exact) mass is 273 g/mol. The lowest BCUT2D eigenvalue weighted by Gasteiger charge is -2.17. The van der Waals surface area contributed by atoms with Crippen LogP contribution in [0, 0.1) is 11.8 Å². The second-order valence-electron chi connectivity index (χ2n) is 4.11. The first kappa shape index (κ1) is 10.7. The average molecular weight is 274 g/mol. The van der Waals surface area contributed by atoms with Gasteiger partial charge in [0.15, 0.2) is 0 Å². The Morgan fingerprint density at radius 3 is 2.86 bits per heavy atom. The SMILES string of the molecule is NCC1CCCC1Cc1ccsc1Br. The van der Waals surface area contributed by atoms with Crippen molar-refractivity contribution in [2.45, 2.75) is 25.7 Å². The summed E-state index contributed by atoms with van der Waals surface area (Å²) < 4.78 is 1.31. The van der Waals surface area contributed by atoms with Crippen LogP contribution in [0.2, 0.25) is 0 Å².